The van der Waals surface area contributed by atoms with E-state index in [9.17, 15) is 4.39 Å². The van der Waals surface area contributed by atoms with Crippen LogP contribution in [0.2, 0.25) is 5.02 Å². The van der Waals surface area contributed by atoms with Crippen LogP contribution in [0.25, 0.3) is 0 Å². The summed E-state index contributed by atoms with van der Waals surface area (Å²) in [6.07, 6.45) is 1.56. The summed E-state index contributed by atoms with van der Waals surface area (Å²) in [5, 5.41) is 0.712. The second kappa shape index (κ2) is 6.04. The molecule has 0 saturated carbocycles. The SMILES string of the molecule is NCC(CC1Cc2cc(F)ccc2O1)c1cccc(Cl)c1. The molecule has 2 atom stereocenters. The second-order valence-electron chi connectivity index (χ2n) is 5.42. The van der Waals surface area contributed by atoms with Gasteiger partial charge in [0.2, 0.25) is 0 Å². The lowest BCUT2D eigenvalue weighted by Crippen LogP contribution is -2.22. The highest BCUT2D eigenvalue weighted by molar-refractivity contribution is 6.30. The molecule has 1 heterocycles. The third-order valence-electron chi connectivity index (χ3n) is 3.92. The Balaban J connectivity index is 1.72. The molecule has 2 aromatic rings. The first-order chi connectivity index (χ1) is 10.2. The fraction of sp³-hybridized carbons (Fsp3) is 0.294. The van der Waals surface area contributed by atoms with E-state index in [1.165, 1.54) is 6.07 Å². The molecule has 21 heavy (non-hydrogen) atoms. The van der Waals surface area contributed by atoms with Gasteiger partial charge in [-0.05, 0) is 54.8 Å². The minimum absolute atomic E-state index is 0.0364. The molecule has 1 aliphatic rings. The fourth-order valence-corrected chi connectivity index (χ4v) is 3.07. The predicted molar refractivity (Wildman–Crippen MR) is 82.4 cm³/mol. The molecule has 110 valence electrons. The zero-order chi connectivity index (χ0) is 14.8. The van der Waals surface area contributed by atoms with Gasteiger partial charge in [-0.2, -0.15) is 0 Å². The molecule has 0 fully saturated rings. The number of halogens is 2. The summed E-state index contributed by atoms with van der Waals surface area (Å²) < 4.78 is 19.1. The summed E-state index contributed by atoms with van der Waals surface area (Å²) in [4.78, 5) is 0. The van der Waals surface area contributed by atoms with Crippen LogP contribution in [0, 0.1) is 5.82 Å². The smallest absolute Gasteiger partial charge is 0.123 e. The monoisotopic (exact) mass is 305 g/mol. The number of benzene rings is 2. The maximum Gasteiger partial charge on any atom is 0.123 e. The molecule has 2 aromatic carbocycles. The van der Waals surface area contributed by atoms with Crippen molar-refractivity contribution < 1.29 is 9.13 Å². The minimum atomic E-state index is -0.219. The molecule has 0 saturated heterocycles. The van der Waals surface area contributed by atoms with Crippen molar-refractivity contribution >= 4 is 11.6 Å². The third kappa shape index (κ3) is 3.20. The molecule has 3 rings (SSSR count). The number of hydrogen-bond donors (Lipinski definition) is 1. The van der Waals surface area contributed by atoms with Crippen molar-refractivity contribution in [2.75, 3.05) is 6.54 Å². The summed E-state index contributed by atoms with van der Waals surface area (Å²) in [6.45, 7) is 0.533. The summed E-state index contributed by atoms with van der Waals surface area (Å²) in [5.74, 6) is 0.749. The van der Waals surface area contributed by atoms with Gasteiger partial charge in [0, 0.05) is 17.0 Å². The number of hydrogen-bond acceptors (Lipinski definition) is 2. The van der Waals surface area contributed by atoms with Gasteiger partial charge < -0.3 is 10.5 Å². The van der Waals surface area contributed by atoms with E-state index >= 15 is 0 Å². The van der Waals surface area contributed by atoms with Crippen LogP contribution in [0.4, 0.5) is 4.39 Å². The lowest BCUT2D eigenvalue weighted by Gasteiger charge is -2.19. The van der Waals surface area contributed by atoms with Crippen LogP contribution < -0.4 is 10.5 Å². The average molecular weight is 306 g/mol. The largest absolute Gasteiger partial charge is 0.490 e. The molecule has 0 amide bonds. The fourth-order valence-electron chi connectivity index (χ4n) is 2.87. The number of rotatable bonds is 4. The first kappa shape index (κ1) is 14.4. The maximum atomic E-state index is 13.2. The number of fused-ring (bicyclic) bond motifs is 1. The molecule has 0 bridgehead atoms. The van der Waals surface area contributed by atoms with Crippen molar-refractivity contribution in [3.8, 4) is 5.75 Å². The van der Waals surface area contributed by atoms with E-state index in [1.807, 2.05) is 24.3 Å². The Hall–Kier alpha value is -1.58. The highest BCUT2D eigenvalue weighted by Gasteiger charge is 2.26. The molecule has 0 radical (unpaired) electrons. The molecule has 0 aromatic heterocycles. The third-order valence-corrected chi connectivity index (χ3v) is 4.15. The standard InChI is InChI=1S/C17H17ClFNO/c18-14-3-1-2-11(6-14)13(10-20)9-16-8-12-7-15(19)4-5-17(12)21-16/h1-7,13,16H,8-10,20H2. The zero-order valence-corrected chi connectivity index (χ0v) is 12.3. The normalized spacial score (nSPS) is 18.1. The summed E-state index contributed by atoms with van der Waals surface area (Å²) in [5.41, 5.74) is 7.96. The Kier molecular flexibility index (Phi) is 4.13. The molecule has 0 aliphatic carbocycles. The topological polar surface area (TPSA) is 35.2 Å². The lowest BCUT2D eigenvalue weighted by molar-refractivity contribution is 0.210. The van der Waals surface area contributed by atoms with Crippen molar-refractivity contribution in [1.29, 1.82) is 0 Å². The first-order valence-electron chi connectivity index (χ1n) is 7.06. The van der Waals surface area contributed by atoms with E-state index < -0.39 is 0 Å². The van der Waals surface area contributed by atoms with Crippen molar-refractivity contribution in [3.05, 3.63) is 64.4 Å². The van der Waals surface area contributed by atoms with Crippen LogP contribution in [-0.4, -0.2) is 12.6 Å². The van der Waals surface area contributed by atoms with Crippen molar-refractivity contribution in [1.82, 2.24) is 0 Å². The Morgan fingerprint density at radius 1 is 1.29 bits per heavy atom. The molecular weight excluding hydrogens is 289 g/mol. The van der Waals surface area contributed by atoms with Crippen molar-refractivity contribution in [2.24, 2.45) is 5.73 Å². The van der Waals surface area contributed by atoms with Gasteiger partial charge in [-0.15, -0.1) is 0 Å². The average Bonchev–Trinajstić information content (AvgIpc) is 2.86. The Morgan fingerprint density at radius 2 is 2.14 bits per heavy atom. The van der Waals surface area contributed by atoms with E-state index in [0.717, 1.165) is 29.7 Å². The van der Waals surface area contributed by atoms with Crippen LogP contribution in [-0.2, 0) is 6.42 Å². The predicted octanol–water partition coefficient (Wildman–Crippen LogP) is 3.92. The molecule has 4 heteroatoms. The van der Waals surface area contributed by atoms with E-state index in [-0.39, 0.29) is 17.8 Å². The minimum Gasteiger partial charge on any atom is -0.490 e. The van der Waals surface area contributed by atoms with Crippen LogP contribution in [0.15, 0.2) is 42.5 Å². The van der Waals surface area contributed by atoms with Crippen molar-refractivity contribution in [2.45, 2.75) is 24.9 Å². The number of ether oxygens (including phenoxy) is 1. The number of nitrogens with two attached hydrogens (primary N) is 1. The molecular formula is C17H17ClFNO. The first-order valence-corrected chi connectivity index (χ1v) is 7.44. The van der Waals surface area contributed by atoms with Gasteiger partial charge in [-0.25, -0.2) is 4.39 Å². The van der Waals surface area contributed by atoms with Gasteiger partial charge >= 0.3 is 0 Å². The van der Waals surface area contributed by atoms with Gasteiger partial charge in [0.05, 0.1) is 0 Å². The quantitative estimate of drug-likeness (QED) is 0.929. The Morgan fingerprint density at radius 3 is 2.90 bits per heavy atom. The van der Waals surface area contributed by atoms with Gasteiger partial charge in [0.25, 0.3) is 0 Å². The van der Waals surface area contributed by atoms with Crippen LogP contribution >= 0.6 is 11.6 Å². The van der Waals surface area contributed by atoms with Gasteiger partial charge in [0.15, 0.2) is 0 Å². The van der Waals surface area contributed by atoms with Crippen molar-refractivity contribution in [3.63, 3.8) is 0 Å². The summed E-state index contributed by atoms with van der Waals surface area (Å²) in [7, 11) is 0. The van der Waals surface area contributed by atoms with E-state index in [4.69, 9.17) is 22.1 Å². The van der Waals surface area contributed by atoms with E-state index in [2.05, 4.69) is 0 Å². The van der Waals surface area contributed by atoms with Gasteiger partial charge in [0.1, 0.15) is 17.7 Å². The molecule has 2 nitrogen and oxygen atoms in total. The summed E-state index contributed by atoms with van der Waals surface area (Å²) in [6, 6.07) is 12.4. The van der Waals surface area contributed by atoms with Crippen LogP contribution in [0.1, 0.15) is 23.5 Å². The maximum absolute atomic E-state index is 13.2. The van der Waals surface area contributed by atoms with Gasteiger partial charge in [-0.1, -0.05) is 23.7 Å². The van der Waals surface area contributed by atoms with Crippen LogP contribution in [0.3, 0.4) is 0 Å². The van der Waals surface area contributed by atoms with Crippen LogP contribution in [0.5, 0.6) is 5.75 Å². The summed E-state index contributed by atoms with van der Waals surface area (Å²) >= 11 is 6.04. The van der Waals surface area contributed by atoms with E-state index in [0.29, 0.717) is 11.6 Å². The molecule has 2 N–H and O–H groups in total. The molecule has 2 unspecified atom stereocenters. The zero-order valence-electron chi connectivity index (χ0n) is 11.6. The highest BCUT2D eigenvalue weighted by atomic mass is 35.5. The Bertz CT molecular complexity index is 646. The Labute approximate surface area is 128 Å². The lowest BCUT2D eigenvalue weighted by atomic mass is 9.92. The highest BCUT2D eigenvalue weighted by Crippen LogP contribution is 2.34. The van der Waals surface area contributed by atoms with Gasteiger partial charge in [-0.3, -0.25) is 0 Å². The van der Waals surface area contributed by atoms with E-state index in [1.54, 1.807) is 12.1 Å². The molecule has 1 aliphatic heterocycles. The second-order valence-corrected chi connectivity index (χ2v) is 5.86. The molecule has 0 spiro atoms.